The van der Waals surface area contributed by atoms with E-state index in [4.69, 9.17) is 0 Å². The Hall–Kier alpha value is -3.63. The molecule has 1 aromatic heterocycles. The van der Waals surface area contributed by atoms with Crippen LogP contribution in [0.4, 0.5) is 18.0 Å². The first-order valence-electron chi connectivity index (χ1n) is 11.0. The zero-order valence-electron chi connectivity index (χ0n) is 19.7. The summed E-state index contributed by atoms with van der Waals surface area (Å²) in [6.45, 7) is 1.82. The van der Waals surface area contributed by atoms with Crippen LogP contribution in [0.15, 0.2) is 83.8 Å². The van der Waals surface area contributed by atoms with E-state index in [2.05, 4.69) is 4.72 Å². The van der Waals surface area contributed by atoms with Crippen molar-refractivity contribution in [1.29, 1.82) is 0 Å². The van der Waals surface area contributed by atoms with Crippen LogP contribution in [0.1, 0.15) is 28.4 Å². The van der Waals surface area contributed by atoms with E-state index in [0.717, 1.165) is 17.7 Å². The van der Waals surface area contributed by atoms with Gasteiger partial charge in [-0.3, -0.25) is 4.57 Å². The Bertz CT molecular complexity index is 1510. The molecule has 4 rings (SSSR count). The number of amides is 1. The first-order valence-corrected chi connectivity index (χ1v) is 12.4. The summed E-state index contributed by atoms with van der Waals surface area (Å²) in [5.41, 5.74) is 1.05. The number of halogens is 3. The molecule has 1 heterocycles. The lowest BCUT2D eigenvalue weighted by Crippen LogP contribution is -2.34. The fourth-order valence-electron chi connectivity index (χ4n) is 3.91. The highest BCUT2D eigenvalue weighted by atomic mass is 32.2. The molecule has 1 amide bonds. The van der Waals surface area contributed by atoms with Crippen molar-refractivity contribution >= 4 is 27.0 Å². The summed E-state index contributed by atoms with van der Waals surface area (Å²) in [4.78, 5) is 14.5. The van der Waals surface area contributed by atoms with Gasteiger partial charge in [0.25, 0.3) is 0 Å². The molecule has 3 aromatic carbocycles. The number of carbonyl (C=O) groups is 1. The average molecular weight is 516 g/mol. The second kappa shape index (κ2) is 9.44. The first kappa shape index (κ1) is 25.5. The summed E-state index contributed by atoms with van der Waals surface area (Å²) in [5, 5.41) is 0.675. The summed E-state index contributed by atoms with van der Waals surface area (Å²) in [6.07, 6.45) is -4.55. The van der Waals surface area contributed by atoms with Crippen LogP contribution in [0, 0.1) is 6.92 Å². The van der Waals surface area contributed by atoms with Crippen LogP contribution in [0.2, 0.25) is 0 Å². The molecule has 1 atom stereocenters. The van der Waals surface area contributed by atoms with E-state index in [1.165, 1.54) is 33.7 Å². The predicted molar refractivity (Wildman–Crippen MR) is 131 cm³/mol. The van der Waals surface area contributed by atoms with Crippen molar-refractivity contribution in [3.63, 3.8) is 0 Å². The number of sulfonamides is 1. The maximum atomic E-state index is 13.4. The number of hydrogen-bond donors (Lipinski definition) is 1. The van der Waals surface area contributed by atoms with Crippen LogP contribution in [-0.4, -0.2) is 38.0 Å². The van der Waals surface area contributed by atoms with Gasteiger partial charge in [-0.25, -0.2) is 13.2 Å². The Labute approximate surface area is 207 Å². The fraction of sp³-hybridized carbons (Fsp3) is 0.192. The highest BCUT2D eigenvalue weighted by molar-refractivity contribution is 7.89. The molecule has 0 saturated heterocycles. The molecule has 0 bridgehead atoms. The van der Waals surface area contributed by atoms with Crippen molar-refractivity contribution in [1.82, 2.24) is 14.2 Å². The number of benzene rings is 3. The second-order valence-electron chi connectivity index (χ2n) is 8.63. The number of fused-ring (bicyclic) bond motifs is 1. The number of nitrogens with zero attached hydrogens (tertiary/aromatic N) is 2. The molecule has 0 fully saturated rings. The molecule has 0 spiro atoms. The lowest BCUT2D eigenvalue weighted by atomic mass is 10.0. The average Bonchev–Trinajstić information content (AvgIpc) is 3.21. The Morgan fingerprint density at radius 1 is 0.944 bits per heavy atom. The van der Waals surface area contributed by atoms with Gasteiger partial charge >= 0.3 is 12.2 Å². The normalized spacial score (nSPS) is 13.1. The minimum absolute atomic E-state index is 0.00777. The monoisotopic (exact) mass is 515 g/mol. The number of carbonyl (C=O) groups excluding carboxylic acids is 1. The van der Waals surface area contributed by atoms with Crippen LogP contribution in [-0.2, 0) is 16.2 Å². The molecule has 4 aromatic rings. The lowest BCUT2D eigenvalue weighted by molar-refractivity contribution is -0.137. The van der Waals surface area contributed by atoms with Gasteiger partial charge in [-0.1, -0.05) is 48.0 Å². The third-order valence-electron chi connectivity index (χ3n) is 5.78. The Morgan fingerprint density at radius 2 is 1.56 bits per heavy atom. The van der Waals surface area contributed by atoms with E-state index >= 15 is 0 Å². The molecule has 188 valence electrons. The maximum absolute atomic E-state index is 13.4. The summed E-state index contributed by atoms with van der Waals surface area (Å²) in [5.74, 6) is 0. The number of alkyl halides is 3. The van der Waals surface area contributed by atoms with Crippen LogP contribution < -0.4 is 4.72 Å². The largest absolute Gasteiger partial charge is 0.416 e. The van der Waals surface area contributed by atoms with E-state index in [-0.39, 0.29) is 16.2 Å². The summed E-state index contributed by atoms with van der Waals surface area (Å²) < 4.78 is 70.3. The minimum Gasteiger partial charge on any atom is -0.330 e. The van der Waals surface area contributed by atoms with E-state index in [1.54, 1.807) is 56.6 Å². The molecule has 0 aliphatic rings. The van der Waals surface area contributed by atoms with Gasteiger partial charge in [0.1, 0.15) is 0 Å². The number of hydrogen-bond acceptors (Lipinski definition) is 3. The van der Waals surface area contributed by atoms with Gasteiger partial charge in [-0.2, -0.15) is 17.9 Å². The molecule has 1 N–H and O–H groups in total. The van der Waals surface area contributed by atoms with Gasteiger partial charge in [-0.15, -0.1) is 0 Å². The van der Waals surface area contributed by atoms with E-state index in [1.807, 2.05) is 6.92 Å². The standard InChI is InChI=1S/C26H24F3N3O3S/c1-17-8-14-21(15-9-17)36(34,35)30-24(18-10-12-20(13-11-18)26(27,28)29)23-16-19-6-4-5-7-22(19)32(23)25(33)31(2)3/h4-16,24,30H,1-3H3. The molecule has 10 heteroatoms. The van der Waals surface area contributed by atoms with E-state index in [0.29, 0.717) is 10.9 Å². The summed E-state index contributed by atoms with van der Waals surface area (Å²) in [7, 11) is -1.00. The van der Waals surface area contributed by atoms with Crippen LogP contribution >= 0.6 is 0 Å². The number of aryl methyl sites for hydroxylation is 1. The SMILES string of the molecule is Cc1ccc(S(=O)(=O)NC(c2ccc(C(F)(F)F)cc2)c2cc3ccccc3n2C(=O)N(C)C)cc1. The predicted octanol–water partition coefficient (Wildman–Crippen LogP) is 5.57. The molecule has 36 heavy (non-hydrogen) atoms. The molecule has 0 aliphatic heterocycles. The van der Waals surface area contributed by atoms with E-state index in [9.17, 15) is 26.4 Å². The molecule has 0 saturated carbocycles. The highest BCUT2D eigenvalue weighted by Gasteiger charge is 2.32. The van der Waals surface area contributed by atoms with Crippen molar-refractivity contribution in [2.24, 2.45) is 0 Å². The number of nitrogens with one attached hydrogen (secondary N) is 1. The van der Waals surface area contributed by atoms with Gasteiger partial charge in [0, 0.05) is 19.5 Å². The topological polar surface area (TPSA) is 71.4 Å². The zero-order valence-corrected chi connectivity index (χ0v) is 20.6. The Kier molecular flexibility index (Phi) is 6.68. The lowest BCUT2D eigenvalue weighted by Gasteiger charge is -2.23. The molecule has 6 nitrogen and oxygen atoms in total. The van der Waals surface area contributed by atoms with Gasteiger partial charge in [0.15, 0.2) is 0 Å². The third-order valence-corrected chi connectivity index (χ3v) is 7.22. The van der Waals surface area contributed by atoms with Gasteiger partial charge in [0.2, 0.25) is 10.0 Å². The van der Waals surface area contributed by atoms with Crippen LogP contribution in [0.25, 0.3) is 10.9 Å². The second-order valence-corrected chi connectivity index (χ2v) is 10.3. The maximum Gasteiger partial charge on any atom is 0.416 e. The summed E-state index contributed by atoms with van der Waals surface area (Å²) >= 11 is 0. The smallest absolute Gasteiger partial charge is 0.330 e. The third kappa shape index (κ3) is 5.00. The summed E-state index contributed by atoms with van der Waals surface area (Å²) in [6, 6.07) is 17.5. The van der Waals surface area contributed by atoms with Crippen molar-refractivity contribution in [2.45, 2.75) is 24.0 Å². The van der Waals surface area contributed by atoms with E-state index < -0.39 is 33.8 Å². The van der Waals surface area contributed by atoms with Gasteiger partial charge in [0.05, 0.1) is 27.7 Å². The zero-order chi connectivity index (χ0) is 26.3. The first-order chi connectivity index (χ1) is 16.9. The van der Waals surface area contributed by atoms with Crippen molar-refractivity contribution in [3.8, 4) is 0 Å². The van der Waals surface area contributed by atoms with Crippen LogP contribution in [0.5, 0.6) is 0 Å². The van der Waals surface area contributed by atoms with Crippen molar-refractivity contribution in [3.05, 3.63) is 101 Å². The molecular weight excluding hydrogens is 491 g/mol. The van der Waals surface area contributed by atoms with Crippen molar-refractivity contribution < 1.29 is 26.4 Å². The van der Waals surface area contributed by atoms with Crippen LogP contribution in [0.3, 0.4) is 0 Å². The van der Waals surface area contributed by atoms with Gasteiger partial charge in [-0.05, 0) is 48.9 Å². The quantitative estimate of drug-likeness (QED) is 0.378. The molecule has 0 radical (unpaired) electrons. The minimum atomic E-state index is -4.55. The van der Waals surface area contributed by atoms with Crippen molar-refractivity contribution in [2.75, 3.05) is 14.1 Å². The molecular formula is C26H24F3N3O3S. The number of aromatic nitrogens is 1. The fourth-order valence-corrected chi connectivity index (χ4v) is 5.10. The number of para-hydroxylation sites is 1. The Balaban J connectivity index is 1.92. The number of rotatable bonds is 5. The highest BCUT2D eigenvalue weighted by Crippen LogP contribution is 2.34. The molecule has 1 unspecified atom stereocenters. The Morgan fingerprint density at radius 3 is 2.14 bits per heavy atom. The molecule has 0 aliphatic carbocycles. The van der Waals surface area contributed by atoms with Gasteiger partial charge < -0.3 is 4.90 Å².